The molecule has 1 unspecified atom stereocenters. The van der Waals surface area contributed by atoms with Crippen LogP contribution in [0, 0.1) is 0 Å². The number of benzene rings is 5. The molecular formula is C57H61N3O12S. The van der Waals surface area contributed by atoms with Crippen molar-refractivity contribution < 1.29 is 57.1 Å². The van der Waals surface area contributed by atoms with Gasteiger partial charge < -0.3 is 38.5 Å². The summed E-state index contributed by atoms with van der Waals surface area (Å²) in [6.45, 7) is 21.6. The van der Waals surface area contributed by atoms with E-state index in [-0.39, 0.29) is 40.3 Å². The Labute approximate surface area is 430 Å². The van der Waals surface area contributed by atoms with Gasteiger partial charge in [-0.05, 0) is 158 Å². The van der Waals surface area contributed by atoms with E-state index in [1.165, 1.54) is 24.3 Å². The van der Waals surface area contributed by atoms with Crippen molar-refractivity contribution in [1.29, 1.82) is 0 Å². The molecular weight excluding hydrogens is 951 g/mol. The molecule has 1 aliphatic heterocycles. The Morgan fingerprint density at radius 1 is 0.616 bits per heavy atom. The summed E-state index contributed by atoms with van der Waals surface area (Å²) < 4.78 is 40.4. The Bertz CT molecular complexity index is 2810. The summed E-state index contributed by atoms with van der Waals surface area (Å²) in [7, 11) is 0. The zero-order valence-corrected chi connectivity index (χ0v) is 43.1. The molecule has 0 radical (unpaired) electrons. The molecule has 15 nitrogen and oxygen atoms in total. The summed E-state index contributed by atoms with van der Waals surface area (Å²) in [6.07, 6.45) is 4.90. The van der Waals surface area contributed by atoms with Gasteiger partial charge in [0.25, 0.3) is 0 Å². The maximum atomic E-state index is 13.5. The summed E-state index contributed by atoms with van der Waals surface area (Å²) in [5, 5.41) is 7.83. The lowest BCUT2D eigenvalue weighted by Crippen LogP contribution is -2.40. The first-order valence-electron chi connectivity index (χ1n) is 23.4. The molecule has 5 aromatic rings. The fraction of sp³-hybridized carbons (Fsp3) is 0.298. The van der Waals surface area contributed by atoms with E-state index in [1.807, 2.05) is 52.0 Å². The quantitative estimate of drug-likeness (QED) is 0.0157. The lowest BCUT2D eigenvalue weighted by atomic mass is 9.92. The van der Waals surface area contributed by atoms with Gasteiger partial charge in [-0.25, -0.2) is 24.0 Å². The van der Waals surface area contributed by atoms with Crippen LogP contribution in [-0.2, 0) is 30.2 Å². The van der Waals surface area contributed by atoms with E-state index in [4.69, 9.17) is 33.2 Å². The van der Waals surface area contributed by atoms with Crippen molar-refractivity contribution in [3.63, 3.8) is 0 Å². The number of anilines is 1. The number of hydrogen-bond donors (Lipinski definition) is 2. The third kappa shape index (κ3) is 16.6. The Morgan fingerprint density at radius 3 is 1.63 bits per heavy atom. The van der Waals surface area contributed by atoms with Crippen molar-refractivity contribution in [2.45, 2.75) is 107 Å². The van der Waals surface area contributed by atoms with Gasteiger partial charge in [0.1, 0.15) is 45.4 Å². The van der Waals surface area contributed by atoms with Crippen LogP contribution in [0.4, 0.5) is 5.69 Å². The highest BCUT2D eigenvalue weighted by Crippen LogP contribution is 2.37. The molecule has 1 aliphatic rings. The van der Waals surface area contributed by atoms with Crippen molar-refractivity contribution in [2.24, 2.45) is 5.10 Å². The van der Waals surface area contributed by atoms with Crippen molar-refractivity contribution in [1.82, 2.24) is 5.43 Å². The number of carbonyl (C=O) groups is 5. The molecule has 0 aromatic heterocycles. The summed E-state index contributed by atoms with van der Waals surface area (Å²) >= 11 is 1.57. The standard InChI is InChI=1S/C57H61N3O12S/c1-11-48(61)71-56(7,8)35-54(3,4)69-43-26-20-39(21-27-43)51(64)67-42-24-18-38(19-25-42)50(63)66-32-31-37-17-30-46(41(33-37)34-58-60-53-59-45-15-13-14-16-47(45)73-53)68-52(65)40-22-28-44(29-23-40)70-55(5,6)36-57(9,10)72-49(62)12-2/h11-30,33-34,53,59-60H,1-2,31-32,35-36H2,3-10H3/b58-34+. The van der Waals surface area contributed by atoms with Crippen LogP contribution in [0.3, 0.4) is 0 Å². The minimum atomic E-state index is -0.817. The first-order valence-corrected chi connectivity index (χ1v) is 24.3. The summed E-state index contributed by atoms with van der Waals surface area (Å²) in [4.78, 5) is 64.3. The number of nitrogens with zero attached hydrogens (tertiary/aromatic N) is 1. The van der Waals surface area contributed by atoms with Crippen LogP contribution >= 0.6 is 11.8 Å². The van der Waals surface area contributed by atoms with E-state index >= 15 is 0 Å². The average molecular weight is 1010 g/mol. The number of nitrogens with one attached hydrogen (secondary N) is 2. The fourth-order valence-electron chi connectivity index (χ4n) is 8.27. The van der Waals surface area contributed by atoms with Crippen LogP contribution in [0.1, 0.15) is 110 Å². The number of hydrazone groups is 1. The maximum Gasteiger partial charge on any atom is 0.343 e. The van der Waals surface area contributed by atoms with Crippen molar-refractivity contribution in [3.8, 4) is 23.0 Å². The van der Waals surface area contributed by atoms with Crippen molar-refractivity contribution in [3.05, 3.63) is 168 Å². The molecule has 16 heteroatoms. The second-order valence-corrected chi connectivity index (χ2v) is 20.6. The van der Waals surface area contributed by atoms with Gasteiger partial charge in [-0.2, -0.15) is 5.10 Å². The first kappa shape index (κ1) is 54.5. The predicted octanol–water partition coefficient (Wildman–Crippen LogP) is 11.1. The highest BCUT2D eigenvalue weighted by Gasteiger charge is 2.34. The second-order valence-electron chi connectivity index (χ2n) is 19.5. The third-order valence-electron chi connectivity index (χ3n) is 10.8. The van der Waals surface area contributed by atoms with Gasteiger partial charge >= 0.3 is 29.8 Å². The van der Waals surface area contributed by atoms with E-state index in [0.29, 0.717) is 36.3 Å². The van der Waals surface area contributed by atoms with Crippen LogP contribution in [0.5, 0.6) is 23.0 Å². The lowest BCUT2D eigenvalue weighted by Gasteiger charge is -2.34. The van der Waals surface area contributed by atoms with E-state index < -0.39 is 52.3 Å². The van der Waals surface area contributed by atoms with E-state index in [9.17, 15) is 24.0 Å². The third-order valence-corrected chi connectivity index (χ3v) is 11.8. The highest BCUT2D eigenvalue weighted by molar-refractivity contribution is 8.00. The smallest absolute Gasteiger partial charge is 0.343 e. The number of hydrogen-bond acceptors (Lipinski definition) is 16. The molecule has 6 rings (SSSR count). The molecule has 0 fully saturated rings. The Balaban J connectivity index is 1.04. The lowest BCUT2D eigenvalue weighted by molar-refractivity contribution is -0.155. The molecule has 0 bridgehead atoms. The number of carbonyl (C=O) groups excluding carboxylic acids is 5. The first-order chi connectivity index (χ1) is 34.5. The van der Waals surface area contributed by atoms with Gasteiger partial charge in [-0.15, -0.1) is 0 Å². The highest BCUT2D eigenvalue weighted by atomic mass is 32.2. The van der Waals surface area contributed by atoms with Gasteiger partial charge in [0.15, 0.2) is 5.50 Å². The number of ether oxygens (including phenoxy) is 7. The SMILES string of the molecule is C=CC(=O)OC(C)(C)CC(C)(C)Oc1ccc(C(=O)Oc2ccc(C(=O)OCCc3ccc(OC(=O)c4ccc(OC(C)(C)CC(C)(C)OC(=O)C=C)cc4)c(/C=N/NC4Nc5ccccc5S4)c3)cc2)cc1. The molecule has 382 valence electrons. The van der Waals surface area contributed by atoms with Crippen molar-refractivity contribution in [2.75, 3.05) is 11.9 Å². The minimum Gasteiger partial charge on any atom is -0.488 e. The molecule has 73 heavy (non-hydrogen) atoms. The number of esters is 5. The van der Waals surface area contributed by atoms with Gasteiger partial charge in [-0.1, -0.05) is 43.1 Å². The van der Waals surface area contributed by atoms with Crippen LogP contribution in [0.25, 0.3) is 0 Å². The largest absolute Gasteiger partial charge is 0.488 e. The molecule has 0 saturated carbocycles. The predicted molar refractivity (Wildman–Crippen MR) is 279 cm³/mol. The van der Waals surface area contributed by atoms with E-state index in [1.54, 1.807) is 112 Å². The molecule has 0 amide bonds. The normalized spacial score (nSPS) is 13.4. The topological polar surface area (TPSA) is 186 Å². The average Bonchev–Trinajstić information content (AvgIpc) is 3.74. The summed E-state index contributed by atoms with van der Waals surface area (Å²) in [5.74, 6) is -1.32. The van der Waals surface area contributed by atoms with Crippen LogP contribution < -0.4 is 29.7 Å². The van der Waals surface area contributed by atoms with Crippen LogP contribution in [0.2, 0.25) is 0 Å². The fourth-order valence-corrected chi connectivity index (χ4v) is 9.24. The second kappa shape index (κ2) is 23.6. The van der Waals surface area contributed by atoms with Crippen LogP contribution in [0.15, 0.2) is 151 Å². The van der Waals surface area contributed by atoms with Gasteiger partial charge in [0, 0.05) is 41.9 Å². The molecule has 0 spiro atoms. The monoisotopic (exact) mass is 1010 g/mol. The summed E-state index contributed by atoms with van der Waals surface area (Å²) in [6, 6.07) is 32.2. The molecule has 1 atom stereocenters. The zero-order valence-electron chi connectivity index (χ0n) is 42.3. The van der Waals surface area contributed by atoms with Gasteiger partial charge in [0.05, 0.1) is 35.2 Å². The Hall–Kier alpha value is -7.85. The Kier molecular flexibility index (Phi) is 17.6. The van der Waals surface area contributed by atoms with Crippen LogP contribution in [-0.4, -0.2) is 70.6 Å². The van der Waals surface area contributed by atoms with E-state index in [0.717, 1.165) is 28.3 Å². The zero-order chi connectivity index (χ0) is 53.0. The number of para-hydroxylation sites is 1. The van der Waals surface area contributed by atoms with Gasteiger partial charge in [-0.3, -0.25) is 5.43 Å². The summed E-state index contributed by atoms with van der Waals surface area (Å²) in [5.41, 5.74) is 2.89. The van der Waals surface area contributed by atoms with E-state index in [2.05, 4.69) is 29.0 Å². The molecule has 1 heterocycles. The maximum absolute atomic E-state index is 13.5. The number of rotatable bonds is 23. The number of fused-ring (bicyclic) bond motifs is 1. The Morgan fingerprint density at radius 2 is 1.11 bits per heavy atom. The molecule has 0 saturated heterocycles. The molecule has 2 N–H and O–H groups in total. The van der Waals surface area contributed by atoms with Gasteiger partial charge in [0.2, 0.25) is 0 Å². The molecule has 0 aliphatic carbocycles. The van der Waals surface area contributed by atoms with Crippen molar-refractivity contribution >= 4 is 53.5 Å². The molecule has 5 aromatic carbocycles. The minimum absolute atomic E-state index is 0.0323. The number of thioether (sulfide) groups is 1.